The molecule has 0 bridgehead atoms. The lowest BCUT2D eigenvalue weighted by atomic mass is 9.92. The third-order valence-corrected chi connectivity index (χ3v) is 3.24. The van der Waals surface area contributed by atoms with Crippen LogP contribution in [0.5, 0.6) is 0 Å². The highest BCUT2D eigenvalue weighted by Gasteiger charge is 2.26. The average Bonchev–Trinajstić information content (AvgIpc) is 2.67. The Morgan fingerprint density at radius 1 is 1.56 bits per heavy atom. The number of nitrogens with zero attached hydrogens (tertiary/aromatic N) is 3. The summed E-state index contributed by atoms with van der Waals surface area (Å²) in [6.45, 7) is 6.47. The van der Waals surface area contributed by atoms with Crippen LogP contribution in [-0.4, -0.2) is 39.3 Å². The van der Waals surface area contributed by atoms with Crippen molar-refractivity contribution in [3.8, 4) is 0 Å². The predicted octanol–water partition coefficient (Wildman–Crippen LogP) is 0.971. The monoisotopic (exact) mass is 225 g/mol. The van der Waals surface area contributed by atoms with E-state index in [9.17, 15) is 5.11 Å². The molecule has 1 aromatic heterocycles. The number of likely N-dealkylation sites (tertiary alicyclic amines) is 1. The summed E-state index contributed by atoms with van der Waals surface area (Å²) < 4.78 is 4.94. The maximum atomic E-state index is 9.78. The first-order valence-electron chi connectivity index (χ1n) is 5.88. The van der Waals surface area contributed by atoms with Crippen LogP contribution in [0.1, 0.15) is 31.5 Å². The molecule has 0 aromatic carbocycles. The summed E-state index contributed by atoms with van der Waals surface area (Å²) in [5, 5.41) is 13.7. The third-order valence-electron chi connectivity index (χ3n) is 3.24. The van der Waals surface area contributed by atoms with Gasteiger partial charge in [0, 0.05) is 20.0 Å². The van der Waals surface area contributed by atoms with Gasteiger partial charge in [0.25, 0.3) is 0 Å². The molecule has 2 unspecified atom stereocenters. The molecule has 0 spiro atoms. The van der Waals surface area contributed by atoms with Crippen LogP contribution in [-0.2, 0) is 6.54 Å². The Hall–Kier alpha value is -0.940. The standard InChI is InChI=1S/C11H19N3O2/c1-3-9-6-14(5-4-10(9)15)7-11-12-8(2)16-13-11/h9-10,15H,3-7H2,1-2H3. The molecule has 1 N–H and O–H groups in total. The van der Waals surface area contributed by atoms with E-state index in [2.05, 4.69) is 22.0 Å². The lowest BCUT2D eigenvalue weighted by molar-refractivity contribution is 0.0211. The van der Waals surface area contributed by atoms with Gasteiger partial charge in [-0.2, -0.15) is 4.98 Å². The second kappa shape index (κ2) is 4.93. The van der Waals surface area contributed by atoms with Crippen LogP contribution in [0.2, 0.25) is 0 Å². The van der Waals surface area contributed by atoms with Gasteiger partial charge in [-0.05, 0) is 18.8 Å². The van der Waals surface area contributed by atoms with Gasteiger partial charge in [0.1, 0.15) is 0 Å². The molecule has 1 saturated heterocycles. The Kier molecular flexibility index (Phi) is 3.56. The molecule has 0 aliphatic carbocycles. The van der Waals surface area contributed by atoms with Gasteiger partial charge in [0.05, 0.1) is 12.6 Å². The quantitative estimate of drug-likeness (QED) is 0.830. The number of aliphatic hydroxyl groups excluding tert-OH is 1. The number of hydrogen-bond donors (Lipinski definition) is 1. The zero-order chi connectivity index (χ0) is 11.5. The van der Waals surface area contributed by atoms with E-state index in [-0.39, 0.29) is 6.10 Å². The van der Waals surface area contributed by atoms with E-state index < -0.39 is 0 Å². The maximum absolute atomic E-state index is 9.78. The Balaban J connectivity index is 1.91. The molecule has 90 valence electrons. The highest BCUT2D eigenvalue weighted by molar-refractivity contribution is 4.87. The Morgan fingerprint density at radius 2 is 2.38 bits per heavy atom. The fourth-order valence-corrected chi connectivity index (χ4v) is 2.25. The van der Waals surface area contributed by atoms with Gasteiger partial charge in [0.2, 0.25) is 5.89 Å². The minimum atomic E-state index is -0.145. The van der Waals surface area contributed by atoms with Gasteiger partial charge in [0.15, 0.2) is 5.82 Å². The number of rotatable bonds is 3. The van der Waals surface area contributed by atoms with Gasteiger partial charge in [-0.3, -0.25) is 4.90 Å². The van der Waals surface area contributed by atoms with Gasteiger partial charge in [-0.25, -0.2) is 0 Å². The van der Waals surface area contributed by atoms with Gasteiger partial charge in [-0.15, -0.1) is 0 Å². The molecule has 0 amide bonds. The molecule has 0 radical (unpaired) electrons. The number of aliphatic hydroxyl groups is 1. The number of aryl methyl sites for hydroxylation is 1. The summed E-state index contributed by atoms with van der Waals surface area (Å²) in [4.78, 5) is 6.48. The molecule has 1 aliphatic heterocycles. The molecule has 0 saturated carbocycles. The van der Waals surface area contributed by atoms with E-state index in [1.165, 1.54) is 0 Å². The van der Waals surface area contributed by atoms with Gasteiger partial charge < -0.3 is 9.63 Å². The molecule has 16 heavy (non-hydrogen) atoms. The van der Waals surface area contributed by atoms with Crippen LogP contribution in [0.4, 0.5) is 0 Å². The fourth-order valence-electron chi connectivity index (χ4n) is 2.25. The van der Waals surface area contributed by atoms with Crippen LogP contribution >= 0.6 is 0 Å². The van der Waals surface area contributed by atoms with Crippen LogP contribution in [0.25, 0.3) is 0 Å². The van der Waals surface area contributed by atoms with E-state index in [0.717, 1.165) is 38.3 Å². The third kappa shape index (κ3) is 2.59. The normalized spacial score (nSPS) is 27.2. The summed E-state index contributed by atoms with van der Waals surface area (Å²) >= 11 is 0. The largest absolute Gasteiger partial charge is 0.393 e. The van der Waals surface area contributed by atoms with Crippen molar-refractivity contribution in [2.24, 2.45) is 5.92 Å². The van der Waals surface area contributed by atoms with Gasteiger partial charge in [-0.1, -0.05) is 12.1 Å². The van der Waals surface area contributed by atoms with Crippen molar-refractivity contribution < 1.29 is 9.63 Å². The molecule has 2 atom stereocenters. The van der Waals surface area contributed by atoms with Crippen molar-refractivity contribution in [3.05, 3.63) is 11.7 Å². The summed E-state index contributed by atoms with van der Waals surface area (Å²) in [6, 6.07) is 0. The van der Waals surface area contributed by atoms with Crippen molar-refractivity contribution in [1.29, 1.82) is 0 Å². The molecule has 5 nitrogen and oxygen atoms in total. The molecule has 1 aliphatic rings. The molecular formula is C11H19N3O2. The van der Waals surface area contributed by atoms with E-state index in [1.54, 1.807) is 6.92 Å². The Labute approximate surface area is 95.4 Å². The zero-order valence-corrected chi connectivity index (χ0v) is 9.89. The van der Waals surface area contributed by atoms with Crippen molar-refractivity contribution in [3.63, 3.8) is 0 Å². The average molecular weight is 225 g/mol. The van der Waals surface area contributed by atoms with Crippen LogP contribution in [0.15, 0.2) is 4.52 Å². The number of hydrogen-bond acceptors (Lipinski definition) is 5. The van der Waals surface area contributed by atoms with Crippen LogP contribution in [0, 0.1) is 12.8 Å². The maximum Gasteiger partial charge on any atom is 0.223 e. The Bertz CT molecular complexity index is 340. The minimum Gasteiger partial charge on any atom is -0.393 e. The fraction of sp³-hybridized carbons (Fsp3) is 0.818. The molecule has 1 fully saturated rings. The summed E-state index contributed by atoms with van der Waals surface area (Å²) in [6.07, 6.45) is 1.71. The van der Waals surface area contributed by atoms with Crippen LogP contribution < -0.4 is 0 Å². The van der Waals surface area contributed by atoms with Crippen molar-refractivity contribution in [2.75, 3.05) is 13.1 Å². The second-order valence-electron chi connectivity index (χ2n) is 4.49. The molecule has 1 aromatic rings. The highest BCUT2D eigenvalue weighted by Crippen LogP contribution is 2.20. The molecule has 2 rings (SSSR count). The first kappa shape index (κ1) is 11.5. The van der Waals surface area contributed by atoms with Crippen LogP contribution in [0.3, 0.4) is 0 Å². The minimum absolute atomic E-state index is 0.145. The zero-order valence-electron chi connectivity index (χ0n) is 9.89. The molecule has 5 heteroatoms. The van der Waals surface area contributed by atoms with E-state index in [4.69, 9.17) is 4.52 Å². The summed E-state index contributed by atoms with van der Waals surface area (Å²) in [7, 11) is 0. The van der Waals surface area contributed by atoms with Crippen molar-refractivity contribution in [1.82, 2.24) is 15.0 Å². The predicted molar refractivity (Wildman–Crippen MR) is 58.7 cm³/mol. The van der Waals surface area contributed by atoms with Crippen molar-refractivity contribution >= 4 is 0 Å². The number of piperidine rings is 1. The summed E-state index contributed by atoms with van der Waals surface area (Å²) in [5.41, 5.74) is 0. The lowest BCUT2D eigenvalue weighted by Crippen LogP contribution is -2.42. The topological polar surface area (TPSA) is 62.4 Å². The van der Waals surface area contributed by atoms with E-state index in [0.29, 0.717) is 11.8 Å². The first-order valence-corrected chi connectivity index (χ1v) is 5.88. The second-order valence-corrected chi connectivity index (χ2v) is 4.49. The first-order chi connectivity index (χ1) is 7.69. The summed E-state index contributed by atoms with van der Waals surface area (Å²) in [5.74, 6) is 1.73. The molecule has 2 heterocycles. The van der Waals surface area contributed by atoms with Crippen molar-refractivity contribution in [2.45, 2.75) is 39.3 Å². The highest BCUT2D eigenvalue weighted by atomic mass is 16.5. The van der Waals surface area contributed by atoms with E-state index in [1.807, 2.05) is 0 Å². The lowest BCUT2D eigenvalue weighted by Gasteiger charge is -2.35. The molecular weight excluding hydrogens is 206 g/mol. The van der Waals surface area contributed by atoms with E-state index >= 15 is 0 Å². The smallest absolute Gasteiger partial charge is 0.223 e. The SMILES string of the molecule is CCC1CN(Cc2noc(C)n2)CCC1O. The Morgan fingerprint density at radius 3 is 3.00 bits per heavy atom. The van der Waals surface area contributed by atoms with Gasteiger partial charge >= 0.3 is 0 Å². The number of aromatic nitrogens is 2.